The van der Waals surface area contributed by atoms with Crippen molar-refractivity contribution in [3.63, 3.8) is 0 Å². The van der Waals surface area contributed by atoms with Gasteiger partial charge in [0, 0.05) is 0 Å². The fourth-order valence-electron chi connectivity index (χ4n) is 2.49. The van der Waals surface area contributed by atoms with Gasteiger partial charge in [-0.3, -0.25) is 4.89 Å². The van der Waals surface area contributed by atoms with Crippen LogP contribution < -0.4 is 9.05 Å². The monoisotopic (exact) mass is 334 g/mol. The molecule has 0 aliphatic carbocycles. The predicted molar refractivity (Wildman–Crippen MR) is 92.0 cm³/mol. The molecule has 2 aromatic rings. The number of para-hydroxylation sites is 1. The Bertz CT molecular complexity index is 670. The smallest absolute Gasteiger partial charge is 0.395 e. The molecule has 1 N–H and O–H groups in total. The van der Waals surface area contributed by atoms with E-state index in [0.29, 0.717) is 11.5 Å². The van der Waals surface area contributed by atoms with Gasteiger partial charge < -0.3 is 9.05 Å². The van der Waals surface area contributed by atoms with Crippen LogP contribution in [-0.4, -0.2) is 4.89 Å². The van der Waals surface area contributed by atoms with Gasteiger partial charge in [-0.1, -0.05) is 57.0 Å². The topological polar surface area (TPSA) is 55.8 Å². The highest BCUT2D eigenvalue weighted by Gasteiger charge is 2.26. The summed E-state index contributed by atoms with van der Waals surface area (Å²) in [7, 11) is -4.23. The number of hydrogen-bond donors (Lipinski definition) is 1. The Hall–Kier alpha value is -1.77. The molecule has 0 amide bonds. The van der Waals surface area contributed by atoms with Crippen molar-refractivity contribution in [3.8, 4) is 11.5 Å². The number of aryl methyl sites for hydroxylation is 1. The summed E-state index contributed by atoms with van der Waals surface area (Å²) in [4.78, 5) is 10.0. The molecule has 0 aliphatic rings. The van der Waals surface area contributed by atoms with Crippen molar-refractivity contribution in [2.45, 2.75) is 39.5 Å². The first kappa shape index (κ1) is 17.6. The number of benzene rings is 2. The lowest BCUT2D eigenvalue weighted by Gasteiger charge is -2.18. The Labute approximate surface area is 137 Å². The van der Waals surface area contributed by atoms with Crippen molar-refractivity contribution >= 4 is 7.82 Å². The fraction of sp³-hybridized carbons (Fsp3) is 0.333. The van der Waals surface area contributed by atoms with E-state index in [1.165, 1.54) is 0 Å². The molecule has 0 heterocycles. The quantitative estimate of drug-likeness (QED) is 0.678. The van der Waals surface area contributed by atoms with E-state index in [1.807, 2.05) is 18.2 Å². The minimum absolute atomic E-state index is 0.306. The fourth-order valence-corrected chi connectivity index (χ4v) is 3.34. The van der Waals surface area contributed by atoms with Gasteiger partial charge in [-0.2, -0.15) is 0 Å². The van der Waals surface area contributed by atoms with Crippen LogP contribution in [0.2, 0.25) is 0 Å². The zero-order valence-corrected chi connectivity index (χ0v) is 14.5. The van der Waals surface area contributed by atoms with Gasteiger partial charge in [0.25, 0.3) is 0 Å². The molecular formula is C18H23O4P. The maximum absolute atomic E-state index is 12.3. The van der Waals surface area contributed by atoms with Crippen LogP contribution in [0.1, 0.15) is 37.8 Å². The molecule has 5 heteroatoms. The van der Waals surface area contributed by atoms with E-state index < -0.39 is 7.82 Å². The first-order valence-electron chi connectivity index (χ1n) is 7.93. The highest BCUT2D eigenvalue weighted by Crippen LogP contribution is 2.45. The standard InChI is InChI=1S/C18H23O4P/c1-3-9-15-11-8-14-18(17(15)10-4-2)22-23(19,20)21-16-12-6-5-7-13-16/h5-8,11-14H,3-4,9-10H2,1-2H3,(H,19,20). The van der Waals surface area contributed by atoms with E-state index in [2.05, 4.69) is 13.8 Å². The summed E-state index contributed by atoms with van der Waals surface area (Å²) in [5.74, 6) is 0.736. The molecule has 0 radical (unpaired) electrons. The van der Waals surface area contributed by atoms with Crippen LogP contribution in [0.15, 0.2) is 48.5 Å². The summed E-state index contributed by atoms with van der Waals surface area (Å²) in [5.41, 5.74) is 2.15. The molecule has 1 atom stereocenters. The first-order valence-corrected chi connectivity index (χ1v) is 9.43. The molecule has 2 aromatic carbocycles. The van der Waals surface area contributed by atoms with Crippen LogP contribution in [0, 0.1) is 0 Å². The van der Waals surface area contributed by atoms with Crippen LogP contribution in [0.25, 0.3) is 0 Å². The van der Waals surface area contributed by atoms with Crippen LogP contribution in [0.5, 0.6) is 11.5 Å². The van der Waals surface area contributed by atoms with Gasteiger partial charge in [-0.25, -0.2) is 4.57 Å². The SMILES string of the molecule is CCCc1cccc(OP(=O)(O)Oc2ccccc2)c1CCC. The Morgan fingerprint density at radius 3 is 2.26 bits per heavy atom. The van der Waals surface area contributed by atoms with Gasteiger partial charge in [-0.15, -0.1) is 0 Å². The van der Waals surface area contributed by atoms with Crippen LogP contribution in [-0.2, 0) is 17.4 Å². The lowest BCUT2D eigenvalue weighted by atomic mass is 9.99. The number of rotatable bonds is 8. The highest BCUT2D eigenvalue weighted by molar-refractivity contribution is 7.48. The molecule has 0 aromatic heterocycles. The summed E-state index contributed by atoms with van der Waals surface area (Å²) < 4.78 is 22.8. The van der Waals surface area contributed by atoms with Crippen LogP contribution in [0.4, 0.5) is 0 Å². The summed E-state index contributed by atoms with van der Waals surface area (Å²) >= 11 is 0. The largest absolute Gasteiger partial charge is 0.584 e. The van der Waals surface area contributed by atoms with Crippen LogP contribution >= 0.6 is 7.82 Å². The molecule has 23 heavy (non-hydrogen) atoms. The van der Waals surface area contributed by atoms with E-state index in [9.17, 15) is 9.46 Å². The van der Waals surface area contributed by atoms with Crippen LogP contribution in [0.3, 0.4) is 0 Å². The van der Waals surface area contributed by atoms with E-state index >= 15 is 0 Å². The molecule has 0 saturated carbocycles. The minimum atomic E-state index is -4.23. The van der Waals surface area contributed by atoms with Gasteiger partial charge in [0.1, 0.15) is 11.5 Å². The van der Waals surface area contributed by atoms with Crippen molar-refractivity contribution in [2.75, 3.05) is 0 Å². The lowest BCUT2D eigenvalue weighted by molar-refractivity contribution is 0.290. The van der Waals surface area contributed by atoms with E-state index in [1.54, 1.807) is 30.3 Å². The molecule has 0 bridgehead atoms. The average molecular weight is 334 g/mol. The normalized spacial score (nSPS) is 13.3. The van der Waals surface area contributed by atoms with E-state index in [-0.39, 0.29) is 0 Å². The van der Waals surface area contributed by atoms with Gasteiger partial charge in [0.2, 0.25) is 0 Å². The molecule has 0 saturated heterocycles. The summed E-state index contributed by atoms with van der Waals surface area (Å²) in [6, 6.07) is 14.1. The summed E-state index contributed by atoms with van der Waals surface area (Å²) in [6.07, 6.45) is 3.67. The molecule has 4 nitrogen and oxygen atoms in total. The summed E-state index contributed by atoms with van der Waals surface area (Å²) in [5, 5.41) is 0. The molecule has 1 unspecified atom stereocenters. The van der Waals surface area contributed by atoms with Crippen molar-refractivity contribution in [1.29, 1.82) is 0 Å². The highest BCUT2D eigenvalue weighted by atomic mass is 31.2. The number of phosphoric acid groups is 1. The minimum Gasteiger partial charge on any atom is -0.395 e. The molecule has 0 spiro atoms. The second-order valence-corrected chi connectivity index (χ2v) is 6.66. The molecule has 0 aliphatic heterocycles. The molecule has 2 rings (SSSR count). The summed E-state index contributed by atoms with van der Waals surface area (Å²) in [6.45, 7) is 4.18. The van der Waals surface area contributed by atoms with Crippen molar-refractivity contribution in [2.24, 2.45) is 0 Å². The van der Waals surface area contributed by atoms with E-state index in [4.69, 9.17) is 9.05 Å². The predicted octanol–water partition coefficient (Wildman–Crippen LogP) is 5.15. The Kier molecular flexibility index (Phi) is 6.26. The van der Waals surface area contributed by atoms with Gasteiger partial charge in [-0.05, 0) is 42.2 Å². The molecule has 0 fully saturated rings. The van der Waals surface area contributed by atoms with Gasteiger partial charge >= 0.3 is 7.82 Å². The maximum Gasteiger partial charge on any atom is 0.584 e. The number of hydrogen-bond acceptors (Lipinski definition) is 3. The average Bonchev–Trinajstić information content (AvgIpc) is 2.51. The first-order chi connectivity index (χ1) is 11.1. The van der Waals surface area contributed by atoms with Gasteiger partial charge in [0.05, 0.1) is 0 Å². The number of phosphoric ester groups is 1. The third kappa shape index (κ3) is 5.12. The Morgan fingerprint density at radius 1 is 0.913 bits per heavy atom. The maximum atomic E-state index is 12.3. The lowest BCUT2D eigenvalue weighted by Crippen LogP contribution is -2.04. The van der Waals surface area contributed by atoms with Crippen molar-refractivity contribution in [1.82, 2.24) is 0 Å². The Morgan fingerprint density at radius 2 is 1.61 bits per heavy atom. The third-order valence-electron chi connectivity index (χ3n) is 3.43. The van der Waals surface area contributed by atoms with Gasteiger partial charge in [0.15, 0.2) is 0 Å². The molecule has 124 valence electrons. The van der Waals surface area contributed by atoms with E-state index in [0.717, 1.165) is 36.8 Å². The Balaban J connectivity index is 2.24. The zero-order chi connectivity index (χ0) is 16.7. The zero-order valence-electron chi connectivity index (χ0n) is 13.6. The third-order valence-corrected chi connectivity index (χ3v) is 4.30. The molecular weight excluding hydrogens is 311 g/mol. The van der Waals surface area contributed by atoms with Crippen molar-refractivity contribution < 1.29 is 18.5 Å². The second-order valence-electron chi connectivity index (χ2n) is 5.36. The van der Waals surface area contributed by atoms with Crippen molar-refractivity contribution in [3.05, 3.63) is 59.7 Å². The second kappa shape index (κ2) is 8.19.